The zero-order chi connectivity index (χ0) is 16.1. The van der Waals surface area contributed by atoms with Crippen LogP contribution in [0.5, 0.6) is 0 Å². The van der Waals surface area contributed by atoms with E-state index in [2.05, 4.69) is 0 Å². The molecule has 0 fully saturated rings. The Morgan fingerprint density at radius 3 is 2.52 bits per heavy atom. The van der Waals surface area contributed by atoms with Crippen LogP contribution in [0.2, 0.25) is 0 Å². The van der Waals surface area contributed by atoms with Crippen molar-refractivity contribution in [3.8, 4) is 0 Å². The highest BCUT2D eigenvalue weighted by molar-refractivity contribution is 5.98. The average molecular weight is 305 g/mol. The third-order valence-electron chi connectivity index (χ3n) is 4.37. The number of benzene rings is 2. The van der Waals surface area contributed by atoms with Gasteiger partial charge in [0, 0.05) is 7.05 Å². The van der Waals surface area contributed by atoms with E-state index < -0.39 is 6.04 Å². The first-order valence-corrected chi connectivity index (χ1v) is 7.47. The molecule has 0 aliphatic carbocycles. The van der Waals surface area contributed by atoms with Gasteiger partial charge in [-0.3, -0.25) is 9.59 Å². The number of fused-ring (bicyclic) bond motifs is 2. The van der Waals surface area contributed by atoms with E-state index in [1.54, 1.807) is 18.0 Å². The van der Waals surface area contributed by atoms with Gasteiger partial charge in [0.15, 0.2) is 5.43 Å². The number of amides is 1. The van der Waals surface area contributed by atoms with Gasteiger partial charge in [0.05, 0.1) is 17.0 Å². The second kappa shape index (κ2) is 4.81. The monoisotopic (exact) mass is 305 g/mol. The predicted octanol–water partition coefficient (Wildman–Crippen LogP) is 3.28. The highest BCUT2D eigenvalue weighted by Gasteiger charge is 2.40. The van der Waals surface area contributed by atoms with Gasteiger partial charge in [-0.05, 0) is 24.6 Å². The minimum Gasteiger partial charge on any atom is -0.450 e. The summed E-state index contributed by atoms with van der Waals surface area (Å²) in [6.07, 6.45) is 0. The lowest BCUT2D eigenvalue weighted by atomic mass is 9.98. The molecule has 0 saturated heterocycles. The van der Waals surface area contributed by atoms with Crippen molar-refractivity contribution in [1.82, 2.24) is 4.90 Å². The number of carbonyl (C=O) groups is 1. The van der Waals surface area contributed by atoms with Crippen LogP contribution in [0.4, 0.5) is 0 Å². The van der Waals surface area contributed by atoms with Crippen LogP contribution in [0, 0.1) is 6.92 Å². The molecule has 1 aliphatic heterocycles. The fraction of sp³-hybridized carbons (Fsp3) is 0.158. The predicted molar refractivity (Wildman–Crippen MR) is 87.6 cm³/mol. The van der Waals surface area contributed by atoms with Gasteiger partial charge in [-0.15, -0.1) is 0 Å². The standard InChI is InChI=1S/C19H15NO3/c1-11-8-9-14-13(10-11)17(21)15-16(12-6-4-3-5-7-12)20(2)19(22)18(15)23-14/h3-10,16H,1-2H3. The van der Waals surface area contributed by atoms with E-state index >= 15 is 0 Å². The van der Waals surface area contributed by atoms with Crippen molar-refractivity contribution >= 4 is 16.9 Å². The lowest BCUT2D eigenvalue weighted by molar-refractivity contribution is 0.0771. The van der Waals surface area contributed by atoms with Crippen LogP contribution in [0.25, 0.3) is 11.0 Å². The van der Waals surface area contributed by atoms with Crippen molar-refractivity contribution in [3.05, 3.63) is 81.2 Å². The van der Waals surface area contributed by atoms with Crippen LogP contribution in [0.15, 0.2) is 57.7 Å². The molecular weight excluding hydrogens is 290 g/mol. The molecule has 0 N–H and O–H groups in total. The number of carbonyl (C=O) groups excluding carboxylic acids is 1. The molecule has 1 aliphatic rings. The second-order valence-corrected chi connectivity index (χ2v) is 5.90. The maximum atomic E-state index is 13.0. The number of rotatable bonds is 1. The van der Waals surface area contributed by atoms with Gasteiger partial charge in [0.1, 0.15) is 5.58 Å². The molecule has 0 bridgehead atoms. The van der Waals surface area contributed by atoms with Gasteiger partial charge < -0.3 is 9.32 Å². The van der Waals surface area contributed by atoms with Gasteiger partial charge in [-0.1, -0.05) is 42.0 Å². The maximum Gasteiger partial charge on any atom is 0.290 e. The minimum atomic E-state index is -0.403. The molecule has 1 aromatic heterocycles. The van der Waals surface area contributed by atoms with Crippen LogP contribution in [0.3, 0.4) is 0 Å². The number of aryl methyl sites for hydroxylation is 1. The summed E-state index contributed by atoms with van der Waals surface area (Å²) in [7, 11) is 1.70. The molecule has 3 aromatic rings. The average Bonchev–Trinajstić information content (AvgIpc) is 2.81. The zero-order valence-electron chi connectivity index (χ0n) is 12.9. The molecule has 4 rings (SSSR count). The van der Waals surface area contributed by atoms with Crippen LogP contribution >= 0.6 is 0 Å². The number of nitrogens with zero attached hydrogens (tertiary/aromatic N) is 1. The van der Waals surface area contributed by atoms with Crippen molar-refractivity contribution in [3.63, 3.8) is 0 Å². The fourth-order valence-corrected chi connectivity index (χ4v) is 3.23. The molecule has 114 valence electrons. The molecule has 23 heavy (non-hydrogen) atoms. The first-order valence-electron chi connectivity index (χ1n) is 7.47. The molecule has 2 heterocycles. The lowest BCUT2D eigenvalue weighted by Gasteiger charge is -2.20. The van der Waals surface area contributed by atoms with E-state index in [0.717, 1.165) is 11.1 Å². The summed E-state index contributed by atoms with van der Waals surface area (Å²) in [6, 6.07) is 14.6. The molecular formula is C19H15NO3. The Bertz CT molecular complexity index is 989. The Labute approximate surface area is 133 Å². The van der Waals surface area contributed by atoms with Crippen LogP contribution in [-0.2, 0) is 0 Å². The molecule has 0 saturated carbocycles. The second-order valence-electron chi connectivity index (χ2n) is 5.90. The van der Waals surface area contributed by atoms with E-state index in [1.165, 1.54) is 0 Å². The summed E-state index contributed by atoms with van der Waals surface area (Å²) in [6.45, 7) is 1.93. The highest BCUT2D eigenvalue weighted by Crippen LogP contribution is 2.36. The Morgan fingerprint density at radius 2 is 1.78 bits per heavy atom. The summed E-state index contributed by atoms with van der Waals surface area (Å²) in [4.78, 5) is 27.1. The maximum absolute atomic E-state index is 13.0. The molecule has 1 atom stereocenters. The number of hydrogen-bond donors (Lipinski definition) is 0. The van der Waals surface area contributed by atoms with Gasteiger partial charge >= 0.3 is 0 Å². The molecule has 0 radical (unpaired) electrons. The van der Waals surface area contributed by atoms with Crippen molar-refractivity contribution < 1.29 is 9.21 Å². The third-order valence-corrected chi connectivity index (χ3v) is 4.37. The summed E-state index contributed by atoms with van der Waals surface area (Å²) in [5.41, 5.74) is 2.65. The summed E-state index contributed by atoms with van der Waals surface area (Å²) >= 11 is 0. The zero-order valence-corrected chi connectivity index (χ0v) is 12.9. The van der Waals surface area contributed by atoms with Gasteiger partial charge in [-0.2, -0.15) is 0 Å². The van der Waals surface area contributed by atoms with Crippen LogP contribution in [0.1, 0.15) is 33.3 Å². The van der Waals surface area contributed by atoms with Crippen molar-refractivity contribution in [2.75, 3.05) is 7.05 Å². The van der Waals surface area contributed by atoms with Crippen molar-refractivity contribution in [2.24, 2.45) is 0 Å². The first kappa shape index (κ1) is 13.8. The van der Waals surface area contributed by atoms with Gasteiger partial charge in [0.25, 0.3) is 5.91 Å². The van der Waals surface area contributed by atoms with Gasteiger partial charge in [-0.25, -0.2) is 0 Å². The molecule has 1 unspecified atom stereocenters. The van der Waals surface area contributed by atoms with Crippen molar-refractivity contribution in [2.45, 2.75) is 13.0 Å². The summed E-state index contributed by atoms with van der Waals surface area (Å²) in [5.74, 6) is -0.101. The normalized spacial score (nSPS) is 16.9. The number of hydrogen-bond acceptors (Lipinski definition) is 3. The SMILES string of the molecule is Cc1ccc2oc3c(c(=O)c2c1)C(c1ccccc1)N(C)C3=O. The van der Waals surface area contributed by atoms with E-state index in [-0.39, 0.29) is 17.1 Å². The van der Waals surface area contributed by atoms with Crippen LogP contribution in [-0.4, -0.2) is 17.9 Å². The molecule has 1 amide bonds. The molecule has 4 heteroatoms. The largest absolute Gasteiger partial charge is 0.450 e. The van der Waals surface area contributed by atoms with Gasteiger partial charge in [0.2, 0.25) is 5.76 Å². The van der Waals surface area contributed by atoms with Crippen LogP contribution < -0.4 is 5.43 Å². The Balaban J connectivity index is 2.06. The molecule has 0 spiro atoms. The van der Waals surface area contributed by atoms with Crippen molar-refractivity contribution in [1.29, 1.82) is 0 Å². The Kier molecular flexibility index (Phi) is 2.88. The smallest absolute Gasteiger partial charge is 0.290 e. The fourth-order valence-electron chi connectivity index (χ4n) is 3.23. The summed E-state index contributed by atoms with van der Waals surface area (Å²) in [5, 5.41) is 0.521. The first-order chi connectivity index (χ1) is 11.1. The third kappa shape index (κ3) is 1.91. The Hall–Kier alpha value is -2.88. The quantitative estimate of drug-likeness (QED) is 0.693. The van der Waals surface area contributed by atoms with E-state index in [4.69, 9.17) is 4.42 Å². The molecule has 2 aromatic carbocycles. The lowest BCUT2D eigenvalue weighted by Crippen LogP contribution is -2.25. The van der Waals surface area contributed by atoms with E-state index in [1.807, 2.05) is 49.4 Å². The van der Waals surface area contributed by atoms with E-state index in [9.17, 15) is 9.59 Å². The highest BCUT2D eigenvalue weighted by atomic mass is 16.3. The minimum absolute atomic E-state index is 0.128. The topological polar surface area (TPSA) is 50.5 Å². The van der Waals surface area contributed by atoms with E-state index in [0.29, 0.717) is 16.5 Å². The molecule has 4 nitrogen and oxygen atoms in total. The Morgan fingerprint density at radius 1 is 1.04 bits per heavy atom. The summed E-state index contributed by atoms with van der Waals surface area (Å²) < 4.78 is 5.78.